The van der Waals surface area contributed by atoms with Crippen molar-refractivity contribution >= 4 is 19.2 Å². The molecule has 0 aromatic carbocycles. The summed E-state index contributed by atoms with van der Waals surface area (Å²) in [5.74, 6) is -1.73. The van der Waals surface area contributed by atoms with E-state index in [0.29, 0.717) is 6.42 Å². The summed E-state index contributed by atoms with van der Waals surface area (Å²) in [4.78, 5) is 35.8. The van der Waals surface area contributed by atoms with Gasteiger partial charge < -0.3 is 20.1 Å². The third-order valence-corrected chi connectivity index (χ3v) is 6.40. The van der Waals surface area contributed by atoms with Gasteiger partial charge in [-0.2, -0.15) is 0 Å². The molecular formula is C18H29N2O7P. The van der Waals surface area contributed by atoms with E-state index < -0.39 is 54.6 Å². The maximum atomic E-state index is 12.7. The molecule has 2 heterocycles. The molecule has 1 saturated heterocycles. The average molecular weight is 416 g/mol. The van der Waals surface area contributed by atoms with Crippen molar-refractivity contribution in [1.82, 2.24) is 9.13 Å². The molecule has 3 unspecified atom stereocenters. The second-order valence-corrected chi connectivity index (χ2v) is 12.3. The van der Waals surface area contributed by atoms with Gasteiger partial charge in [-0.1, -0.05) is 6.92 Å². The first kappa shape index (κ1) is 22.6. The van der Waals surface area contributed by atoms with Gasteiger partial charge in [0.05, 0.1) is 12.0 Å². The lowest BCUT2D eigenvalue weighted by Gasteiger charge is -2.19. The molecule has 0 saturated carbocycles. The van der Waals surface area contributed by atoms with Crippen LogP contribution in [0.3, 0.4) is 0 Å². The maximum Gasteiger partial charge on any atom is 0.333 e. The van der Waals surface area contributed by atoms with Crippen LogP contribution in [0.4, 0.5) is 0 Å². The molecule has 0 radical (unpaired) electrons. The number of hydrogen-bond acceptors (Lipinski definition) is 6. The summed E-state index contributed by atoms with van der Waals surface area (Å²) < 4.78 is 7.74. The van der Waals surface area contributed by atoms with E-state index in [2.05, 4.69) is 19.6 Å². The van der Waals surface area contributed by atoms with Gasteiger partial charge in [-0.25, -0.2) is 4.79 Å². The second kappa shape index (κ2) is 8.78. The Hall–Kier alpha value is -1.67. The number of aliphatic hydroxyl groups excluding tert-OH is 2. The van der Waals surface area contributed by atoms with Gasteiger partial charge in [0.25, 0.3) is 5.56 Å². The molecule has 1 aromatic rings. The fraction of sp³-hybridized carbons (Fsp3) is 0.667. The summed E-state index contributed by atoms with van der Waals surface area (Å²) in [5, 5.41) is 29.7. The van der Waals surface area contributed by atoms with Crippen molar-refractivity contribution in [2.24, 2.45) is 5.92 Å². The molecule has 0 aliphatic carbocycles. The number of ether oxygens (including phenoxy) is 1. The Balaban J connectivity index is 2.24. The second-order valence-electron chi connectivity index (χ2n) is 8.02. The predicted octanol–water partition coefficient (Wildman–Crippen LogP) is -0.161. The first-order valence-electron chi connectivity index (χ1n) is 9.16. The maximum absolute atomic E-state index is 12.7. The molecule has 1 aromatic heterocycles. The van der Waals surface area contributed by atoms with E-state index >= 15 is 0 Å². The molecule has 0 spiro atoms. The number of hydrogen-bond donors (Lipinski definition) is 3. The van der Waals surface area contributed by atoms with Crippen molar-refractivity contribution in [2.45, 2.75) is 50.8 Å². The van der Waals surface area contributed by atoms with E-state index in [1.54, 1.807) is 0 Å². The van der Waals surface area contributed by atoms with Crippen molar-refractivity contribution in [3.8, 4) is 0 Å². The highest BCUT2D eigenvalue weighted by atomic mass is 31.2. The lowest BCUT2D eigenvalue weighted by Crippen LogP contribution is -2.43. The minimum atomic E-state index is -1.34. The molecule has 1 fully saturated rings. The van der Waals surface area contributed by atoms with E-state index in [1.807, 2.05) is 0 Å². The zero-order valence-corrected chi connectivity index (χ0v) is 17.3. The number of carboxylic acids is 1. The topological polar surface area (TPSA) is 131 Å². The van der Waals surface area contributed by atoms with Crippen molar-refractivity contribution in [1.29, 1.82) is 0 Å². The third kappa shape index (κ3) is 5.23. The van der Waals surface area contributed by atoms with Crippen molar-refractivity contribution in [3.05, 3.63) is 33.1 Å². The molecule has 1 aliphatic rings. The van der Waals surface area contributed by atoms with E-state index in [1.165, 1.54) is 13.1 Å². The quantitative estimate of drug-likeness (QED) is 0.502. The molecule has 10 heteroatoms. The molecule has 158 valence electrons. The van der Waals surface area contributed by atoms with E-state index in [-0.39, 0.29) is 13.0 Å². The summed E-state index contributed by atoms with van der Waals surface area (Å²) in [7, 11) is 0. The molecule has 9 nitrogen and oxygen atoms in total. The number of carboxylic acid groups (broad SMARTS) is 1. The van der Waals surface area contributed by atoms with Crippen LogP contribution in [0.1, 0.15) is 26.0 Å². The molecule has 0 bridgehead atoms. The lowest BCUT2D eigenvalue weighted by molar-refractivity contribution is -0.141. The first-order valence-corrected chi connectivity index (χ1v) is 12.2. The Bertz CT molecular complexity index is 871. The van der Waals surface area contributed by atoms with Crippen LogP contribution in [0.25, 0.3) is 0 Å². The summed E-state index contributed by atoms with van der Waals surface area (Å²) in [6.07, 6.45) is 2.47. The van der Waals surface area contributed by atoms with Gasteiger partial charge in [0.2, 0.25) is 0 Å². The standard InChI is InChI=1S/C18H29N2O7P/c1-11(17(24)25)5-8-19-13(21)6-9-20(18(19)26)16-15(23)14(22)12(27-16)7-10-28(2,3)4/h6,9,11-12,14-16,22-23H,2,5,7-8,10H2,1,3-4H3,(H,24,25)/t11?,12?,14-,15-,16?/m1/s1. The van der Waals surface area contributed by atoms with Crippen LogP contribution in [0.15, 0.2) is 21.9 Å². The van der Waals surface area contributed by atoms with E-state index in [0.717, 1.165) is 21.4 Å². The molecule has 2 rings (SSSR count). The molecule has 3 N–H and O–H groups in total. The van der Waals surface area contributed by atoms with Gasteiger partial charge >= 0.3 is 11.7 Å². The van der Waals surface area contributed by atoms with Gasteiger partial charge in [0.1, 0.15) is 12.2 Å². The Morgan fingerprint density at radius 3 is 2.54 bits per heavy atom. The van der Waals surface area contributed by atoms with Crippen molar-refractivity contribution in [3.63, 3.8) is 0 Å². The highest BCUT2D eigenvalue weighted by molar-refractivity contribution is 7.72. The Kier molecular flexibility index (Phi) is 7.09. The van der Waals surface area contributed by atoms with Crippen molar-refractivity contribution < 1.29 is 24.9 Å². The van der Waals surface area contributed by atoms with Gasteiger partial charge in [-0.15, -0.1) is 13.2 Å². The fourth-order valence-electron chi connectivity index (χ4n) is 3.05. The van der Waals surface area contributed by atoms with Gasteiger partial charge in [0.15, 0.2) is 6.23 Å². The molecule has 1 aliphatic heterocycles. The van der Waals surface area contributed by atoms with Crippen LogP contribution >= 0.6 is 6.89 Å². The summed E-state index contributed by atoms with van der Waals surface area (Å²) in [6.45, 7) is 4.20. The van der Waals surface area contributed by atoms with Gasteiger partial charge in [0, 0.05) is 18.8 Å². The Labute approximate surface area is 163 Å². The Morgan fingerprint density at radius 1 is 1.32 bits per heavy atom. The molecule has 28 heavy (non-hydrogen) atoms. The van der Waals surface area contributed by atoms with E-state index in [9.17, 15) is 24.6 Å². The SMILES string of the molecule is C=P(C)(C)CCC1OC(n2ccc(=O)n(CCC(C)C(=O)O)c2=O)[C@H](O)[C@@H]1O. The zero-order chi connectivity index (χ0) is 21.2. The summed E-state index contributed by atoms with van der Waals surface area (Å²) in [6, 6.07) is 1.16. The number of aliphatic carboxylic acids is 1. The van der Waals surface area contributed by atoms with Crippen LogP contribution in [-0.2, 0) is 16.1 Å². The molecule has 5 atom stereocenters. The largest absolute Gasteiger partial charge is 0.481 e. The number of aliphatic hydroxyl groups is 2. The molecular weight excluding hydrogens is 387 g/mol. The first-order chi connectivity index (χ1) is 12.9. The minimum absolute atomic E-state index is 0.0685. The predicted molar refractivity (Wildman–Crippen MR) is 108 cm³/mol. The van der Waals surface area contributed by atoms with E-state index in [4.69, 9.17) is 9.84 Å². The summed E-state index contributed by atoms with van der Waals surface area (Å²) in [5.41, 5.74) is -1.28. The van der Waals surface area contributed by atoms with Gasteiger partial charge in [-0.3, -0.25) is 18.7 Å². The zero-order valence-electron chi connectivity index (χ0n) is 16.4. The average Bonchev–Trinajstić information content (AvgIpc) is 2.87. The van der Waals surface area contributed by atoms with Crippen LogP contribution < -0.4 is 11.2 Å². The highest BCUT2D eigenvalue weighted by Gasteiger charge is 2.44. The number of nitrogens with zero attached hydrogens (tertiary/aromatic N) is 2. The van der Waals surface area contributed by atoms with Gasteiger partial charge in [-0.05, 0) is 32.3 Å². The normalized spacial score (nSPS) is 26.3. The van der Waals surface area contributed by atoms with Crippen LogP contribution in [0.2, 0.25) is 0 Å². The highest BCUT2D eigenvalue weighted by Crippen LogP contribution is 2.39. The Morgan fingerprint density at radius 2 is 1.96 bits per heavy atom. The number of rotatable bonds is 8. The van der Waals surface area contributed by atoms with Crippen LogP contribution in [0.5, 0.6) is 0 Å². The monoisotopic (exact) mass is 416 g/mol. The molecule has 0 amide bonds. The number of aromatic nitrogens is 2. The fourth-order valence-corrected chi connectivity index (χ4v) is 4.00. The number of carbonyl (C=O) groups is 1. The lowest BCUT2D eigenvalue weighted by atomic mass is 10.1. The van der Waals surface area contributed by atoms with Crippen LogP contribution in [-0.4, -0.2) is 74.5 Å². The third-order valence-electron chi connectivity index (χ3n) is 4.93. The smallest absolute Gasteiger partial charge is 0.333 e. The summed E-state index contributed by atoms with van der Waals surface area (Å²) >= 11 is 0. The van der Waals surface area contributed by atoms with Crippen LogP contribution in [0, 0.1) is 5.92 Å². The van der Waals surface area contributed by atoms with Crippen molar-refractivity contribution in [2.75, 3.05) is 19.5 Å². The minimum Gasteiger partial charge on any atom is -0.481 e.